The Morgan fingerprint density at radius 2 is 1.83 bits per heavy atom. The second-order valence-electron chi connectivity index (χ2n) is 7.89. The van der Waals surface area contributed by atoms with E-state index in [4.69, 9.17) is 10.1 Å². The van der Waals surface area contributed by atoms with Crippen molar-refractivity contribution in [2.24, 2.45) is 5.92 Å². The molecule has 0 saturated heterocycles. The standard InChI is InChI=1S/C25H27F2NO2/c1-3-5-16-6-8-17(9-7-16)19-13-21(26)25(22(27)14-19)18-10-11-23(20(12-18)15-28)30-24(29)4-2/h4,10-17,28H,2-3,5-9H2,1H3. The van der Waals surface area contributed by atoms with Gasteiger partial charge >= 0.3 is 5.97 Å². The smallest absolute Gasteiger partial charge is 0.335 e. The molecule has 5 heteroatoms. The molecular weight excluding hydrogens is 384 g/mol. The highest BCUT2D eigenvalue weighted by Crippen LogP contribution is 2.39. The molecule has 1 fully saturated rings. The Hall–Kier alpha value is -2.82. The lowest BCUT2D eigenvalue weighted by Gasteiger charge is -2.29. The highest BCUT2D eigenvalue weighted by Gasteiger charge is 2.24. The van der Waals surface area contributed by atoms with E-state index in [1.54, 1.807) is 0 Å². The van der Waals surface area contributed by atoms with E-state index >= 15 is 0 Å². The number of esters is 1. The van der Waals surface area contributed by atoms with E-state index in [1.165, 1.54) is 43.2 Å². The number of benzene rings is 2. The molecule has 0 spiro atoms. The lowest BCUT2D eigenvalue weighted by molar-refractivity contribution is -0.128. The van der Waals surface area contributed by atoms with Crippen molar-refractivity contribution in [2.75, 3.05) is 0 Å². The molecule has 0 bridgehead atoms. The van der Waals surface area contributed by atoms with Gasteiger partial charge in [-0.05, 0) is 72.9 Å². The van der Waals surface area contributed by atoms with E-state index in [-0.39, 0.29) is 22.8 Å². The molecule has 3 rings (SSSR count). The summed E-state index contributed by atoms with van der Waals surface area (Å²) in [4.78, 5) is 11.4. The van der Waals surface area contributed by atoms with E-state index in [1.807, 2.05) is 0 Å². The summed E-state index contributed by atoms with van der Waals surface area (Å²) in [5.41, 5.74) is 1.12. The van der Waals surface area contributed by atoms with Gasteiger partial charge in [0.2, 0.25) is 0 Å². The summed E-state index contributed by atoms with van der Waals surface area (Å²) in [5.74, 6) is -0.844. The minimum Gasteiger partial charge on any atom is -0.423 e. The molecule has 30 heavy (non-hydrogen) atoms. The number of halogens is 2. The molecule has 0 heterocycles. The Morgan fingerprint density at radius 1 is 1.17 bits per heavy atom. The van der Waals surface area contributed by atoms with Gasteiger partial charge in [0.15, 0.2) is 0 Å². The third-order valence-corrected chi connectivity index (χ3v) is 5.91. The van der Waals surface area contributed by atoms with Crippen LogP contribution in [0.3, 0.4) is 0 Å². The molecule has 0 amide bonds. The maximum absolute atomic E-state index is 15.0. The summed E-state index contributed by atoms with van der Waals surface area (Å²) in [6, 6.07) is 7.24. The lowest BCUT2D eigenvalue weighted by Crippen LogP contribution is -2.13. The van der Waals surface area contributed by atoms with Gasteiger partial charge in [-0.2, -0.15) is 0 Å². The van der Waals surface area contributed by atoms with Gasteiger partial charge in [0, 0.05) is 17.9 Å². The predicted molar refractivity (Wildman–Crippen MR) is 115 cm³/mol. The molecule has 0 unspecified atom stereocenters. The number of hydrogen-bond donors (Lipinski definition) is 1. The molecule has 0 aliphatic heterocycles. The Kier molecular flexibility index (Phi) is 7.14. The molecule has 1 aliphatic carbocycles. The zero-order chi connectivity index (χ0) is 21.7. The summed E-state index contributed by atoms with van der Waals surface area (Å²) in [5, 5.41) is 7.54. The first kappa shape index (κ1) is 21.9. The lowest BCUT2D eigenvalue weighted by atomic mass is 9.77. The van der Waals surface area contributed by atoms with Gasteiger partial charge in [0.1, 0.15) is 17.4 Å². The summed E-state index contributed by atoms with van der Waals surface area (Å²) in [6.45, 7) is 5.52. The van der Waals surface area contributed by atoms with Gasteiger partial charge in [0.05, 0.1) is 5.56 Å². The van der Waals surface area contributed by atoms with Crippen molar-refractivity contribution in [3.05, 3.63) is 65.7 Å². The van der Waals surface area contributed by atoms with Gasteiger partial charge in [-0.3, -0.25) is 0 Å². The Morgan fingerprint density at radius 3 is 2.40 bits per heavy atom. The Bertz CT molecular complexity index is 923. The van der Waals surface area contributed by atoms with Crippen molar-refractivity contribution in [1.29, 1.82) is 5.41 Å². The van der Waals surface area contributed by atoms with Gasteiger partial charge in [-0.15, -0.1) is 0 Å². The summed E-state index contributed by atoms with van der Waals surface area (Å²) >= 11 is 0. The zero-order valence-electron chi connectivity index (χ0n) is 17.2. The molecule has 1 saturated carbocycles. The van der Waals surface area contributed by atoms with Crippen LogP contribution in [0, 0.1) is 23.0 Å². The number of carbonyl (C=O) groups excluding carboxylic acids is 1. The highest BCUT2D eigenvalue weighted by atomic mass is 19.1. The maximum atomic E-state index is 15.0. The molecular formula is C25H27F2NO2. The SMILES string of the molecule is C=CC(=O)Oc1ccc(-c2c(F)cc(C3CCC(CCC)CC3)cc2F)cc1C=N. The number of nitrogens with one attached hydrogen (secondary N) is 1. The van der Waals surface area contributed by atoms with Crippen LogP contribution < -0.4 is 4.74 Å². The minimum atomic E-state index is -0.666. The number of rotatable bonds is 7. The first-order valence-corrected chi connectivity index (χ1v) is 10.4. The van der Waals surface area contributed by atoms with Crippen molar-refractivity contribution in [3.8, 4) is 16.9 Å². The van der Waals surface area contributed by atoms with Crippen LogP contribution in [0.4, 0.5) is 8.78 Å². The number of hydrogen-bond acceptors (Lipinski definition) is 3. The normalized spacial score (nSPS) is 18.6. The molecule has 158 valence electrons. The largest absolute Gasteiger partial charge is 0.423 e. The van der Waals surface area contributed by atoms with Crippen molar-refractivity contribution in [3.63, 3.8) is 0 Å². The van der Waals surface area contributed by atoms with Gasteiger partial charge in [-0.25, -0.2) is 13.6 Å². The Labute approximate surface area is 176 Å². The molecule has 1 aliphatic rings. The zero-order valence-corrected chi connectivity index (χ0v) is 17.2. The molecule has 0 atom stereocenters. The van der Waals surface area contributed by atoms with Crippen molar-refractivity contribution < 1.29 is 18.3 Å². The first-order valence-electron chi connectivity index (χ1n) is 10.4. The quantitative estimate of drug-likeness (QED) is 0.236. The van der Waals surface area contributed by atoms with E-state index in [9.17, 15) is 13.6 Å². The second-order valence-corrected chi connectivity index (χ2v) is 7.89. The van der Waals surface area contributed by atoms with Crippen LogP contribution in [0.25, 0.3) is 11.1 Å². The fourth-order valence-electron chi connectivity index (χ4n) is 4.36. The van der Waals surface area contributed by atoms with Crippen LogP contribution in [0.2, 0.25) is 0 Å². The fraction of sp³-hybridized carbons (Fsp3) is 0.360. The van der Waals surface area contributed by atoms with Gasteiger partial charge < -0.3 is 10.1 Å². The molecule has 1 N–H and O–H groups in total. The summed E-state index contributed by atoms with van der Waals surface area (Å²) < 4.78 is 35.0. The summed E-state index contributed by atoms with van der Waals surface area (Å²) in [6.07, 6.45) is 8.53. The third-order valence-electron chi connectivity index (χ3n) is 5.91. The van der Waals surface area contributed by atoms with Crippen LogP contribution >= 0.6 is 0 Å². The van der Waals surface area contributed by atoms with Crippen molar-refractivity contribution in [1.82, 2.24) is 0 Å². The van der Waals surface area contributed by atoms with Crippen molar-refractivity contribution >= 4 is 12.2 Å². The first-order chi connectivity index (χ1) is 14.5. The summed E-state index contributed by atoms with van der Waals surface area (Å²) in [7, 11) is 0. The second kappa shape index (κ2) is 9.79. The van der Waals surface area contributed by atoms with Gasteiger partial charge in [-0.1, -0.05) is 32.4 Å². The van der Waals surface area contributed by atoms with Crippen molar-refractivity contribution in [2.45, 2.75) is 51.4 Å². The number of carbonyl (C=O) groups is 1. The Balaban J connectivity index is 1.86. The van der Waals surface area contributed by atoms with E-state index in [0.717, 1.165) is 43.9 Å². The van der Waals surface area contributed by atoms with Crippen LogP contribution in [0.15, 0.2) is 43.0 Å². The van der Waals surface area contributed by atoms with E-state index < -0.39 is 17.6 Å². The monoisotopic (exact) mass is 411 g/mol. The molecule has 0 radical (unpaired) electrons. The predicted octanol–water partition coefficient (Wildman–Crippen LogP) is 6.79. The molecule has 2 aromatic carbocycles. The number of ether oxygens (including phenoxy) is 1. The maximum Gasteiger partial charge on any atom is 0.335 e. The fourth-order valence-corrected chi connectivity index (χ4v) is 4.36. The minimum absolute atomic E-state index is 0.136. The molecule has 3 nitrogen and oxygen atoms in total. The third kappa shape index (κ3) is 4.84. The average Bonchev–Trinajstić information content (AvgIpc) is 2.74. The molecule has 0 aromatic heterocycles. The topological polar surface area (TPSA) is 50.2 Å². The van der Waals surface area contributed by atoms with E-state index in [0.29, 0.717) is 11.1 Å². The van der Waals surface area contributed by atoms with E-state index in [2.05, 4.69) is 13.5 Å². The van der Waals surface area contributed by atoms with Crippen LogP contribution in [0.5, 0.6) is 5.75 Å². The molecule has 2 aromatic rings. The van der Waals surface area contributed by atoms with Crippen LogP contribution in [-0.2, 0) is 4.79 Å². The highest BCUT2D eigenvalue weighted by molar-refractivity contribution is 5.89. The van der Waals surface area contributed by atoms with Crippen LogP contribution in [-0.4, -0.2) is 12.2 Å². The van der Waals surface area contributed by atoms with Gasteiger partial charge in [0.25, 0.3) is 0 Å². The average molecular weight is 411 g/mol. The van der Waals surface area contributed by atoms with Crippen LogP contribution in [0.1, 0.15) is 62.5 Å².